The second-order valence-electron chi connectivity index (χ2n) is 8.44. The van der Waals surface area contributed by atoms with Crippen molar-refractivity contribution in [1.82, 2.24) is 25.0 Å². The standard InChI is InChI=1S/C23H32FN5O3/c1-16(2)20(22(30)32-3)25-23(31)28-13-6-4-5-7-14-29-19(12-15-28)26-27-21(29)17-8-10-18(24)11-9-17/h8-11,16,20H,4-7,12-15H2,1-3H3,(H,25,31). The highest BCUT2D eigenvalue weighted by atomic mass is 19.1. The highest BCUT2D eigenvalue weighted by Gasteiger charge is 2.27. The van der Waals surface area contributed by atoms with Crippen molar-refractivity contribution >= 4 is 12.0 Å². The zero-order valence-electron chi connectivity index (χ0n) is 19.0. The van der Waals surface area contributed by atoms with Crippen LogP contribution in [0.25, 0.3) is 11.4 Å². The van der Waals surface area contributed by atoms with Crippen molar-refractivity contribution in [3.8, 4) is 11.4 Å². The fraction of sp³-hybridized carbons (Fsp3) is 0.565. The van der Waals surface area contributed by atoms with Gasteiger partial charge in [-0.2, -0.15) is 0 Å². The number of methoxy groups -OCH3 is 1. The van der Waals surface area contributed by atoms with Gasteiger partial charge in [0.1, 0.15) is 17.7 Å². The largest absolute Gasteiger partial charge is 0.467 e. The number of hydrogen-bond donors (Lipinski definition) is 1. The number of amides is 2. The molecule has 1 N–H and O–H groups in total. The summed E-state index contributed by atoms with van der Waals surface area (Å²) in [5, 5.41) is 11.6. The summed E-state index contributed by atoms with van der Waals surface area (Å²) in [5.74, 6) is 0.670. The predicted molar refractivity (Wildman–Crippen MR) is 118 cm³/mol. The van der Waals surface area contributed by atoms with Crippen LogP contribution in [0.1, 0.15) is 45.4 Å². The van der Waals surface area contributed by atoms with Crippen molar-refractivity contribution in [3.63, 3.8) is 0 Å². The summed E-state index contributed by atoms with van der Waals surface area (Å²) in [4.78, 5) is 26.8. The molecule has 2 aromatic rings. The van der Waals surface area contributed by atoms with Crippen LogP contribution < -0.4 is 5.32 Å². The summed E-state index contributed by atoms with van der Waals surface area (Å²) in [6.45, 7) is 5.58. The number of halogens is 1. The van der Waals surface area contributed by atoms with Crippen molar-refractivity contribution in [1.29, 1.82) is 0 Å². The van der Waals surface area contributed by atoms with E-state index in [-0.39, 0.29) is 17.8 Å². The van der Waals surface area contributed by atoms with Crippen LogP contribution >= 0.6 is 0 Å². The summed E-state index contributed by atoms with van der Waals surface area (Å²) >= 11 is 0. The molecule has 0 radical (unpaired) electrons. The molecule has 8 nitrogen and oxygen atoms in total. The molecule has 1 aliphatic rings. The van der Waals surface area contributed by atoms with Gasteiger partial charge in [-0.25, -0.2) is 14.0 Å². The van der Waals surface area contributed by atoms with Crippen LogP contribution in [0.15, 0.2) is 24.3 Å². The lowest BCUT2D eigenvalue weighted by Crippen LogP contribution is -2.51. The van der Waals surface area contributed by atoms with E-state index in [4.69, 9.17) is 4.74 Å². The SMILES string of the molecule is COC(=O)C(NC(=O)N1CCCCCCn2c(nnc2-c2ccc(F)cc2)CC1)C(C)C. The molecule has 1 atom stereocenters. The first-order valence-electron chi connectivity index (χ1n) is 11.2. The van der Waals surface area contributed by atoms with Gasteiger partial charge < -0.3 is 19.5 Å². The summed E-state index contributed by atoms with van der Waals surface area (Å²) in [7, 11) is 1.32. The first-order valence-corrected chi connectivity index (χ1v) is 11.2. The molecule has 32 heavy (non-hydrogen) atoms. The molecular weight excluding hydrogens is 413 g/mol. The number of hydrogen-bond acceptors (Lipinski definition) is 5. The number of carbonyl (C=O) groups excluding carboxylic acids is 2. The van der Waals surface area contributed by atoms with E-state index < -0.39 is 12.0 Å². The van der Waals surface area contributed by atoms with Crippen molar-refractivity contribution in [2.45, 2.75) is 58.5 Å². The zero-order valence-corrected chi connectivity index (χ0v) is 19.0. The van der Waals surface area contributed by atoms with Gasteiger partial charge in [-0.15, -0.1) is 10.2 Å². The van der Waals surface area contributed by atoms with Crippen molar-refractivity contribution in [2.24, 2.45) is 5.92 Å². The van der Waals surface area contributed by atoms with Crippen LogP contribution in [0, 0.1) is 11.7 Å². The number of aromatic nitrogens is 3. The molecule has 9 heteroatoms. The molecule has 174 valence electrons. The van der Waals surface area contributed by atoms with Gasteiger partial charge in [0.05, 0.1) is 7.11 Å². The third kappa shape index (κ3) is 5.83. The molecule has 2 heterocycles. The lowest BCUT2D eigenvalue weighted by Gasteiger charge is -2.27. The fourth-order valence-corrected chi connectivity index (χ4v) is 3.89. The molecule has 0 spiro atoms. The zero-order chi connectivity index (χ0) is 23.1. The molecule has 0 fully saturated rings. The number of fused-ring (bicyclic) bond motifs is 1. The molecule has 0 saturated carbocycles. The first kappa shape index (κ1) is 23.7. The number of esters is 1. The summed E-state index contributed by atoms with van der Waals surface area (Å²) in [6, 6.07) is 5.27. The Kier molecular flexibility index (Phi) is 8.19. The maximum Gasteiger partial charge on any atom is 0.328 e. The van der Waals surface area contributed by atoms with Gasteiger partial charge in [0.2, 0.25) is 0 Å². The average molecular weight is 446 g/mol. The number of rotatable bonds is 4. The van der Waals surface area contributed by atoms with E-state index in [1.54, 1.807) is 17.0 Å². The lowest BCUT2D eigenvalue weighted by molar-refractivity contribution is -0.144. The predicted octanol–water partition coefficient (Wildman–Crippen LogP) is 3.41. The van der Waals surface area contributed by atoms with Crippen LogP contribution in [0.4, 0.5) is 9.18 Å². The lowest BCUT2D eigenvalue weighted by atomic mass is 10.1. The number of ether oxygens (including phenoxy) is 1. The average Bonchev–Trinajstić information content (AvgIpc) is 3.16. The molecule has 2 amide bonds. The van der Waals surface area contributed by atoms with E-state index in [0.717, 1.165) is 43.6 Å². The molecule has 1 aromatic heterocycles. The van der Waals surface area contributed by atoms with Crippen molar-refractivity contribution in [3.05, 3.63) is 35.9 Å². The van der Waals surface area contributed by atoms with Gasteiger partial charge in [-0.1, -0.05) is 26.7 Å². The van der Waals surface area contributed by atoms with Crippen molar-refractivity contribution in [2.75, 3.05) is 20.2 Å². The Morgan fingerprint density at radius 1 is 1.03 bits per heavy atom. The third-order valence-corrected chi connectivity index (χ3v) is 5.78. The summed E-state index contributed by atoms with van der Waals surface area (Å²) in [6.07, 6.45) is 4.42. The number of nitrogens with zero attached hydrogens (tertiary/aromatic N) is 4. The normalized spacial score (nSPS) is 16.1. The highest BCUT2D eigenvalue weighted by Crippen LogP contribution is 2.21. The number of nitrogens with one attached hydrogen (secondary N) is 1. The van der Waals surface area contributed by atoms with E-state index in [9.17, 15) is 14.0 Å². The minimum absolute atomic E-state index is 0.0864. The number of carbonyl (C=O) groups is 2. The van der Waals surface area contributed by atoms with Gasteiger partial charge in [0, 0.05) is 31.6 Å². The minimum atomic E-state index is -0.695. The molecule has 1 aromatic carbocycles. The molecule has 0 aliphatic carbocycles. The van der Waals surface area contributed by atoms with E-state index in [1.807, 2.05) is 13.8 Å². The number of benzene rings is 1. The van der Waals surface area contributed by atoms with E-state index in [1.165, 1.54) is 19.2 Å². The van der Waals surface area contributed by atoms with Crippen LogP contribution in [-0.2, 0) is 22.5 Å². The molecule has 0 bridgehead atoms. The Balaban J connectivity index is 1.78. The summed E-state index contributed by atoms with van der Waals surface area (Å²) < 4.78 is 20.3. The topological polar surface area (TPSA) is 89.4 Å². The smallest absolute Gasteiger partial charge is 0.328 e. The molecule has 1 unspecified atom stereocenters. The monoisotopic (exact) mass is 445 g/mol. The Bertz CT molecular complexity index is 913. The van der Waals surface area contributed by atoms with Crippen LogP contribution in [0.5, 0.6) is 0 Å². The van der Waals surface area contributed by atoms with Gasteiger partial charge >= 0.3 is 12.0 Å². The van der Waals surface area contributed by atoms with Gasteiger partial charge in [0.15, 0.2) is 5.82 Å². The second-order valence-corrected chi connectivity index (χ2v) is 8.44. The van der Waals surface area contributed by atoms with Crippen LogP contribution in [0.3, 0.4) is 0 Å². The fourth-order valence-electron chi connectivity index (χ4n) is 3.89. The minimum Gasteiger partial charge on any atom is -0.467 e. The van der Waals surface area contributed by atoms with Crippen molar-refractivity contribution < 1.29 is 18.7 Å². The van der Waals surface area contributed by atoms with E-state index in [2.05, 4.69) is 20.1 Å². The molecular formula is C23H32FN5O3. The molecule has 0 saturated heterocycles. The molecule has 1 aliphatic heterocycles. The second kappa shape index (κ2) is 11.1. The molecule has 3 rings (SSSR count). The van der Waals surface area contributed by atoms with Crippen LogP contribution in [0.2, 0.25) is 0 Å². The number of urea groups is 1. The maximum atomic E-state index is 13.3. The van der Waals surface area contributed by atoms with Gasteiger partial charge in [-0.3, -0.25) is 0 Å². The quantitative estimate of drug-likeness (QED) is 0.729. The Morgan fingerprint density at radius 2 is 1.72 bits per heavy atom. The van der Waals surface area contributed by atoms with Gasteiger partial charge in [-0.05, 0) is 43.0 Å². The Labute approximate surface area is 188 Å². The Hall–Kier alpha value is -2.97. The van der Waals surface area contributed by atoms with Crippen LogP contribution in [-0.4, -0.2) is 57.9 Å². The van der Waals surface area contributed by atoms with E-state index >= 15 is 0 Å². The summed E-state index contributed by atoms with van der Waals surface area (Å²) in [5.41, 5.74) is 0.812. The Morgan fingerprint density at radius 3 is 2.38 bits per heavy atom. The highest BCUT2D eigenvalue weighted by molar-refractivity contribution is 5.83. The first-order chi connectivity index (χ1) is 15.4. The van der Waals surface area contributed by atoms with E-state index in [0.29, 0.717) is 25.3 Å². The third-order valence-electron chi connectivity index (χ3n) is 5.78. The van der Waals surface area contributed by atoms with Gasteiger partial charge in [0.25, 0.3) is 0 Å². The maximum absolute atomic E-state index is 13.3.